The summed E-state index contributed by atoms with van der Waals surface area (Å²) in [6.07, 6.45) is 0. The molecule has 0 heterocycles. The first-order valence-electron chi connectivity index (χ1n) is 4.10. The topological polar surface area (TPSA) is 37.3 Å². The van der Waals surface area contributed by atoms with Crippen LogP contribution >= 0.6 is 11.6 Å². The lowest BCUT2D eigenvalue weighted by molar-refractivity contribution is 0.0699. The zero-order valence-corrected chi connectivity index (χ0v) is 9.69. The molecule has 0 spiro atoms. The van der Waals surface area contributed by atoms with Gasteiger partial charge in [-0.1, -0.05) is 35.9 Å². The van der Waals surface area contributed by atoms with Crippen molar-refractivity contribution in [2.75, 3.05) is 0 Å². The molecule has 3 radical (unpaired) electrons. The Bertz CT molecular complexity index is 511. The van der Waals surface area contributed by atoms with E-state index in [2.05, 4.69) is 0 Å². The van der Waals surface area contributed by atoms with Gasteiger partial charge in [-0.25, -0.2) is 4.79 Å². The molecule has 2 aromatic carbocycles. The molecule has 0 aliphatic heterocycles. The minimum absolute atomic E-state index is 0. The lowest BCUT2D eigenvalue weighted by atomic mass is 10.0. The van der Waals surface area contributed by atoms with Crippen molar-refractivity contribution in [3.05, 3.63) is 47.0 Å². The molecule has 0 aromatic heterocycles. The van der Waals surface area contributed by atoms with Crippen molar-refractivity contribution in [2.45, 2.75) is 0 Å². The maximum Gasteiger partial charge on any atom is 0.336 e. The fraction of sp³-hybridized carbons (Fsp3) is 0. The normalized spacial score (nSPS) is 9.67. The molecule has 0 bridgehead atoms. The Hall–Kier alpha value is -1.01. The van der Waals surface area contributed by atoms with Crippen LogP contribution in [-0.4, -0.2) is 28.4 Å². The fourth-order valence-corrected chi connectivity index (χ4v) is 1.70. The number of rotatable bonds is 1. The van der Waals surface area contributed by atoms with E-state index in [9.17, 15) is 4.79 Å². The van der Waals surface area contributed by atoms with Crippen LogP contribution in [0.5, 0.6) is 0 Å². The molecule has 0 aliphatic carbocycles. The van der Waals surface area contributed by atoms with Crippen LogP contribution in [0.25, 0.3) is 10.8 Å². The molecule has 15 heavy (non-hydrogen) atoms. The van der Waals surface area contributed by atoms with Crippen molar-refractivity contribution in [1.29, 1.82) is 0 Å². The number of hydrogen-bond acceptors (Lipinski definition) is 1. The molecule has 2 aromatic rings. The number of carbonyl (C=O) groups is 1. The third-order valence-corrected chi connectivity index (χ3v) is 2.43. The third-order valence-electron chi connectivity index (χ3n) is 2.10. The molecule has 0 atom stereocenters. The maximum absolute atomic E-state index is 10.9. The van der Waals surface area contributed by atoms with Gasteiger partial charge in [-0.05, 0) is 17.5 Å². The average molecular weight is 234 g/mol. The standard InChI is InChI=1S/C11H7ClO2.Al/c12-10-6-2-3-7-8(10)4-1-5-9(7)11(13)14;/h1-6H,(H,13,14);. The largest absolute Gasteiger partial charge is 0.478 e. The van der Waals surface area contributed by atoms with E-state index in [1.165, 1.54) is 0 Å². The van der Waals surface area contributed by atoms with Crippen LogP contribution in [0.15, 0.2) is 36.4 Å². The van der Waals surface area contributed by atoms with Crippen LogP contribution in [0, 0.1) is 0 Å². The number of fused-ring (bicyclic) bond motifs is 1. The van der Waals surface area contributed by atoms with E-state index < -0.39 is 5.97 Å². The fourth-order valence-electron chi connectivity index (χ4n) is 1.46. The van der Waals surface area contributed by atoms with E-state index in [4.69, 9.17) is 16.7 Å². The van der Waals surface area contributed by atoms with Gasteiger partial charge in [-0.15, -0.1) is 0 Å². The summed E-state index contributed by atoms with van der Waals surface area (Å²) in [5.74, 6) is -0.933. The van der Waals surface area contributed by atoms with Crippen LogP contribution in [0.2, 0.25) is 5.02 Å². The van der Waals surface area contributed by atoms with E-state index in [1.807, 2.05) is 6.07 Å². The maximum atomic E-state index is 10.9. The number of hydrogen-bond donors (Lipinski definition) is 1. The molecule has 1 N–H and O–H groups in total. The number of carboxylic acids is 1. The SMILES string of the molecule is O=C(O)c1cccc2c(Cl)cccc12.[Al]. The molecule has 2 nitrogen and oxygen atoms in total. The lowest BCUT2D eigenvalue weighted by Crippen LogP contribution is -1.96. The van der Waals surface area contributed by atoms with Gasteiger partial charge >= 0.3 is 5.97 Å². The summed E-state index contributed by atoms with van der Waals surface area (Å²) in [5, 5.41) is 11.0. The summed E-state index contributed by atoms with van der Waals surface area (Å²) in [5.41, 5.74) is 0.282. The highest BCUT2D eigenvalue weighted by Crippen LogP contribution is 2.25. The molecule has 0 saturated carbocycles. The Kier molecular flexibility index (Phi) is 3.76. The summed E-state index contributed by atoms with van der Waals surface area (Å²) < 4.78 is 0. The Morgan fingerprint density at radius 3 is 2.33 bits per heavy atom. The van der Waals surface area contributed by atoms with Crippen LogP contribution in [0.1, 0.15) is 10.4 Å². The first kappa shape index (κ1) is 12.1. The zero-order valence-electron chi connectivity index (χ0n) is 7.77. The van der Waals surface area contributed by atoms with Gasteiger partial charge in [-0.3, -0.25) is 0 Å². The van der Waals surface area contributed by atoms with Crippen LogP contribution in [0.4, 0.5) is 0 Å². The molecule has 0 amide bonds. The van der Waals surface area contributed by atoms with Crippen molar-refractivity contribution in [2.24, 2.45) is 0 Å². The molecule has 0 aliphatic rings. The Morgan fingerprint density at radius 2 is 1.67 bits per heavy atom. The Balaban J connectivity index is 0.00000112. The smallest absolute Gasteiger partial charge is 0.336 e. The van der Waals surface area contributed by atoms with Crippen molar-refractivity contribution >= 4 is 45.7 Å². The van der Waals surface area contributed by atoms with Crippen LogP contribution in [0.3, 0.4) is 0 Å². The summed E-state index contributed by atoms with van der Waals surface area (Å²) in [4.78, 5) is 10.9. The minimum atomic E-state index is -0.933. The van der Waals surface area contributed by atoms with Crippen molar-refractivity contribution in [1.82, 2.24) is 0 Å². The highest BCUT2D eigenvalue weighted by molar-refractivity contribution is 6.35. The van der Waals surface area contributed by atoms with Crippen LogP contribution < -0.4 is 0 Å². The quantitative estimate of drug-likeness (QED) is 0.769. The van der Waals surface area contributed by atoms with E-state index in [-0.39, 0.29) is 22.9 Å². The minimum Gasteiger partial charge on any atom is -0.478 e. The molecule has 4 heteroatoms. The Labute approximate surface area is 103 Å². The predicted molar refractivity (Wildman–Crippen MR) is 61.7 cm³/mol. The summed E-state index contributed by atoms with van der Waals surface area (Å²) >= 11 is 5.94. The summed E-state index contributed by atoms with van der Waals surface area (Å²) in [7, 11) is 0. The van der Waals surface area contributed by atoms with Gasteiger partial charge in [0.05, 0.1) is 5.56 Å². The summed E-state index contributed by atoms with van der Waals surface area (Å²) in [6, 6.07) is 10.3. The van der Waals surface area contributed by atoms with Crippen molar-refractivity contribution in [3.63, 3.8) is 0 Å². The molecule has 0 saturated heterocycles. The Morgan fingerprint density at radius 1 is 1.07 bits per heavy atom. The molecular formula is C11H7AlClO2. The number of benzene rings is 2. The monoisotopic (exact) mass is 233 g/mol. The van der Waals surface area contributed by atoms with E-state index in [0.29, 0.717) is 10.4 Å². The zero-order chi connectivity index (χ0) is 10.1. The number of carboxylic acid groups (broad SMARTS) is 1. The second kappa shape index (κ2) is 4.67. The number of halogens is 1. The van der Waals surface area contributed by atoms with Gasteiger partial charge in [0, 0.05) is 27.8 Å². The van der Waals surface area contributed by atoms with E-state index >= 15 is 0 Å². The molecule has 0 unspecified atom stereocenters. The second-order valence-corrected chi connectivity index (χ2v) is 3.35. The molecular weight excluding hydrogens is 227 g/mol. The highest BCUT2D eigenvalue weighted by atomic mass is 35.5. The van der Waals surface area contributed by atoms with Crippen molar-refractivity contribution in [3.8, 4) is 0 Å². The van der Waals surface area contributed by atoms with Gasteiger partial charge in [-0.2, -0.15) is 0 Å². The molecule has 2 rings (SSSR count). The van der Waals surface area contributed by atoms with Gasteiger partial charge in [0.15, 0.2) is 0 Å². The van der Waals surface area contributed by atoms with Crippen molar-refractivity contribution < 1.29 is 9.90 Å². The van der Waals surface area contributed by atoms with Gasteiger partial charge in [0.25, 0.3) is 0 Å². The lowest BCUT2D eigenvalue weighted by Gasteiger charge is -2.02. The van der Waals surface area contributed by atoms with Gasteiger partial charge < -0.3 is 5.11 Å². The summed E-state index contributed by atoms with van der Waals surface area (Å²) in [6.45, 7) is 0. The number of aromatic carboxylic acids is 1. The highest BCUT2D eigenvalue weighted by Gasteiger charge is 2.08. The first-order chi connectivity index (χ1) is 6.70. The average Bonchev–Trinajstić information content (AvgIpc) is 2.17. The first-order valence-corrected chi connectivity index (χ1v) is 4.48. The van der Waals surface area contributed by atoms with Crippen LogP contribution in [-0.2, 0) is 0 Å². The third kappa shape index (κ3) is 2.15. The predicted octanol–water partition coefficient (Wildman–Crippen LogP) is 2.81. The second-order valence-electron chi connectivity index (χ2n) is 2.95. The van der Waals surface area contributed by atoms with E-state index in [1.54, 1.807) is 30.3 Å². The van der Waals surface area contributed by atoms with E-state index in [0.717, 1.165) is 5.39 Å². The molecule has 73 valence electrons. The van der Waals surface area contributed by atoms with Gasteiger partial charge in [0.2, 0.25) is 0 Å². The van der Waals surface area contributed by atoms with Gasteiger partial charge in [0.1, 0.15) is 0 Å². The molecule has 0 fully saturated rings.